The van der Waals surface area contributed by atoms with Crippen molar-refractivity contribution in [3.63, 3.8) is 0 Å². The standard InChI is InChI=1S/C17H21NO2/c1-5-17(6-2,20-4)16(19)14-9-10-15-13(11-14)8-7-12(3)18-15/h7-11H,5-6H2,1-4H3. The normalized spacial score (nSPS) is 11.8. The molecular formula is C17H21NO2. The number of rotatable bonds is 5. The van der Waals surface area contributed by atoms with Gasteiger partial charge >= 0.3 is 0 Å². The summed E-state index contributed by atoms with van der Waals surface area (Å²) in [5.74, 6) is 0.0486. The Balaban J connectivity index is 2.47. The third-order valence-electron chi connectivity index (χ3n) is 4.04. The molecular weight excluding hydrogens is 250 g/mol. The van der Waals surface area contributed by atoms with Crippen molar-refractivity contribution in [1.29, 1.82) is 0 Å². The number of carbonyl (C=O) groups excluding carboxylic acids is 1. The molecule has 0 fully saturated rings. The van der Waals surface area contributed by atoms with Crippen molar-refractivity contribution in [3.05, 3.63) is 41.6 Å². The Bertz CT molecular complexity index is 622. The van der Waals surface area contributed by atoms with Gasteiger partial charge in [0.1, 0.15) is 5.60 Å². The molecule has 20 heavy (non-hydrogen) atoms. The first kappa shape index (κ1) is 14.7. The molecule has 0 aliphatic carbocycles. The van der Waals surface area contributed by atoms with Crippen LogP contribution in [0.5, 0.6) is 0 Å². The van der Waals surface area contributed by atoms with Crippen LogP contribution < -0.4 is 0 Å². The predicted molar refractivity (Wildman–Crippen MR) is 81.1 cm³/mol. The molecule has 106 valence electrons. The summed E-state index contributed by atoms with van der Waals surface area (Å²) in [5, 5.41) is 0.985. The highest BCUT2D eigenvalue weighted by atomic mass is 16.5. The lowest BCUT2D eigenvalue weighted by Crippen LogP contribution is -2.39. The van der Waals surface area contributed by atoms with E-state index in [9.17, 15) is 4.79 Å². The zero-order valence-electron chi connectivity index (χ0n) is 12.6. The molecule has 0 N–H and O–H groups in total. The second-order valence-corrected chi connectivity index (χ2v) is 5.09. The van der Waals surface area contributed by atoms with E-state index < -0.39 is 5.60 Å². The largest absolute Gasteiger partial charge is 0.370 e. The molecule has 0 atom stereocenters. The van der Waals surface area contributed by atoms with Gasteiger partial charge in [0, 0.05) is 23.8 Å². The second kappa shape index (κ2) is 5.71. The van der Waals surface area contributed by atoms with E-state index in [-0.39, 0.29) is 5.78 Å². The summed E-state index contributed by atoms with van der Waals surface area (Å²) >= 11 is 0. The number of aromatic nitrogens is 1. The van der Waals surface area contributed by atoms with Crippen LogP contribution in [0.4, 0.5) is 0 Å². The molecule has 0 spiro atoms. The first-order valence-corrected chi connectivity index (χ1v) is 7.03. The third-order valence-corrected chi connectivity index (χ3v) is 4.04. The number of fused-ring (bicyclic) bond motifs is 1. The van der Waals surface area contributed by atoms with Gasteiger partial charge in [0.15, 0.2) is 5.78 Å². The van der Waals surface area contributed by atoms with Crippen molar-refractivity contribution in [2.24, 2.45) is 0 Å². The highest BCUT2D eigenvalue weighted by Crippen LogP contribution is 2.26. The minimum atomic E-state index is -0.716. The molecule has 1 aromatic carbocycles. The van der Waals surface area contributed by atoms with E-state index in [0.29, 0.717) is 18.4 Å². The Kier molecular flexibility index (Phi) is 4.19. The number of carbonyl (C=O) groups is 1. The van der Waals surface area contributed by atoms with Crippen LogP contribution >= 0.6 is 0 Å². The molecule has 0 saturated carbocycles. The zero-order chi connectivity index (χ0) is 14.8. The van der Waals surface area contributed by atoms with E-state index in [2.05, 4.69) is 4.98 Å². The zero-order valence-corrected chi connectivity index (χ0v) is 12.6. The number of benzene rings is 1. The van der Waals surface area contributed by atoms with E-state index >= 15 is 0 Å². The summed E-state index contributed by atoms with van der Waals surface area (Å²) in [6.45, 7) is 5.93. The monoisotopic (exact) mass is 271 g/mol. The fourth-order valence-corrected chi connectivity index (χ4v) is 2.58. The number of Topliss-reactive ketones (excluding diaryl/α,β-unsaturated/α-hetero) is 1. The van der Waals surface area contributed by atoms with Gasteiger partial charge in [-0.15, -0.1) is 0 Å². The number of methoxy groups -OCH3 is 1. The minimum absolute atomic E-state index is 0.0486. The third kappa shape index (κ3) is 2.46. The van der Waals surface area contributed by atoms with Crippen molar-refractivity contribution in [2.75, 3.05) is 7.11 Å². The Hall–Kier alpha value is -1.74. The first-order valence-electron chi connectivity index (χ1n) is 7.03. The van der Waals surface area contributed by atoms with Crippen LogP contribution in [0.2, 0.25) is 0 Å². The van der Waals surface area contributed by atoms with Crippen molar-refractivity contribution >= 4 is 16.7 Å². The maximum atomic E-state index is 12.7. The summed E-state index contributed by atoms with van der Waals surface area (Å²) in [5.41, 5.74) is 1.86. The van der Waals surface area contributed by atoms with E-state index in [1.807, 2.05) is 51.1 Å². The van der Waals surface area contributed by atoms with Gasteiger partial charge in [-0.05, 0) is 44.0 Å². The van der Waals surface area contributed by atoms with Gasteiger partial charge in [0.2, 0.25) is 0 Å². The summed E-state index contributed by atoms with van der Waals surface area (Å²) < 4.78 is 5.52. The van der Waals surface area contributed by atoms with Crippen LogP contribution in [0.15, 0.2) is 30.3 Å². The number of hydrogen-bond acceptors (Lipinski definition) is 3. The first-order chi connectivity index (χ1) is 9.56. The number of hydrogen-bond donors (Lipinski definition) is 0. The summed E-state index contributed by atoms with van der Waals surface area (Å²) in [6.07, 6.45) is 1.34. The van der Waals surface area contributed by atoms with Crippen LogP contribution in [0.3, 0.4) is 0 Å². The SMILES string of the molecule is CCC(CC)(OC)C(=O)c1ccc2nc(C)ccc2c1. The van der Waals surface area contributed by atoms with Gasteiger partial charge in [0.05, 0.1) is 5.52 Å². The molecule has 0 aliphatic heterocycles. The van der Waals surface area contributed by atoms with Crippen LogP contribution in [0.1, 0.15) is 42.7 Å². The molecule has 0 bridgehead atoms. The van der Waals surface area contributed by atoms with Crippen LogP contribution in [-0.2, 0) is 4.74 Å². The lowest BCUT2D eigenvalue weighted by Gasteiger charge is -2.28. The van der Waals surface area contributed by atoms with E-state index in [1.54, 1.807) is 7.11 Å². The van der Waals surface area contributed by atoms with Crippen molar-refractivity contribution in [2.45, 2.75) is 39.2 Å². The average Bonchev–Trinajstić information content (AvgIpc) is 2.49. The molecule has 0 unspecified atom stereocenters. The number of aryl methyl sites for hydroxylation is 1. The molecule has 2 rings (SSSR count). The molecule has 0 amide bonds. The van der Waals surface area contributed by atoms with Crippen LogP contribution in [0.25, 0.3) is 10.9 Å². The molecule has 1 heterocycles. The molecule has 0 radical (unpaired) electrons. The van der Waals surface area contributed by atoms with Gasteiger partial charge in [-0.3, -0.25) is 9.78 Å². The highest BCUT2D eigenvalue weighted by Gasteiger charge is 2.35. The fourth-order valence-electron chi connectivity index (χ4n) is 2.58. The van der Waals surface area contributed by atoms with E-state index in [4.69, 9.17) is 4.74 Å². The van der Waals surface area contributed by atoms with Crippen molar-refractivity contribution in [1.82, 2.24) is 4.98 Å². The molecule has 3 nitrogen and oxygen atoms in total. The number of ether oxygens (including phenoxy) is 1. The topological polar surface area (TPSA) is 39.2 Å². The van der Waals surface area contributed by atoms with Gasteiger partial charge in [-0.1, -0.05) is 19.9 Å². The van der Waals surface area contributed by atoms with Crippen LogP contribution in [0, 0.1) is 6.92 Å². The number of pyridine rings is 1. The minimum Gasteiger partial charge on any atom is -0.370 e. The lowest BCUT2D eigenvalue weighted by molar-refractivity contribution is -0.00260. The predicted octanol–water partition coefficient (Wildman–Crippen LogP) is 3.93. The summed E-state index contributed by atoms with van der Waals surface area (Å²) in [7, 11) is 1.61. The number of nitrogens with zero attached hydrogens (tertiary/aromatic N) is 1. The second-order valence-electron chi connectivity index (χ2n) is 5.09. The quantitative estimate of drug-likeness (QED) is 0.773. The molecule has 0 saturated heterocycles. The highest BCUT2D eigenvalue weighted by molar-refractivity contribution is 6.04. The maximum absolute atomic E-state index is 12.7. The average molecular weight is 271 g/mol. The Labute approximate surface area is 120 Å². The lowest BCUT2D eigenvalue weighted by atomic mass is 9.87. The number of ketones is 1. The van der Waals surface area contributed by atoms with Crippen molar-refractivity contribution in [3.8, 4) is 0 Å². The Morgan fingerprint density at radius 3 is 2.50 bits per heavy atom. The Morgan fingerprint density at radius 1 is 1.20 bits per heavy atom. The van der Waals surface area contributed by atoms with Crippen LogP contribution in [-0.4, -0.2) is 23.5 Å². The van der Waals surface area contributed by atoms with Crippen molar-refractivity contribution < 1.29 is 9.53 Å². The molecule has 2 aromatic rings. The molecule has 0 aliphatic rings. The Morgan fingerprint density at radius 2 is 1.90 bits per heavy atom. The molecule has 3 heteroatoms. The van der Waals surface area contributed by atoms with E-state index in [1.165, 1.54) is 0 Å². The van der Waals surface area contributed by atoms with Gasteiger partial charge < -0.3 is 4.74 Å². The van der Waals surface area contributed by atoms with Gasteiger partial charge in [-0.25, -0.2) is 0 Å². The summed E-state index contributed by atoms with van der Waals surface area (Å²) in [4.78, 5) is 17.2. The summed E-state index contributed by atoms with van der Waals surface area (Å²) in [6, 6.07) is 9.61. The smallest absolute Gasteiger partial charge is 0.194 e. The maximum Gasteiger partial charge on any atom is 0.194 e. The van der Waals surface area contributed by atoms with Gasteiger partial charge in [0.25, 0.3) is 0 Å². The van der Waals surface area contributed by atoms with E-state index in [0.717, 1.165) is 16.6 Å². The van der Waals surface area contributed by atoms with Gasteiger partial charge in [-0.2, -0.15) is 0 Å². The fraction of sp³-hybridized carbons (Fsp3) is 0.412. The molecule has 1 aromatic heterocycles.